The SMILES string of the molecule is CC(C)CS(=O)(=O)c1nnc(NC(=O)C(C#N)=Cc2ccc(O)c(Br)c2)s1. The van der Waals surface area contributed by atoms with Crippen LogP contribution in [0.4, 0.5) is 5.13 Å². The predicted octanol–water partition coefficient (Wildman–Crippen LogP) is 2.98. The van der Waals surface area contributed by atoms with Gasteiger partial charge >= 0.3 is 0 Å². The zero-order valence-electron chi connectivity index (χ0n) is 14.3. The third-order valence-corrected chi connectivity index (χ3v) is 7.09. The Morgan fingerprint density at radius 1 is 1.44 bits per heavy atom. The number of nitriles is 1. The summed E-state index contributed by atoms with van der Waals surface area (Å²) in [6.07, 6.45) is 1.33. The minimum atomic E-state index is -3.57. The van der Waals surface area contributed by atoms with Crippen molar-refractivity contribution in [2.45, 2.75) is 18.2 Å². The number of carbonyl (C=O) groups is 1. The highest BCUT2D eigenvalue weighted by atomic mass is 79.9. The topological polar surface area (TPSA) is 133 Å². The second-order valence-electron chi connectivity index (χ2n) is 5.88. The fourth-order valence-corrected chi connectivity index (χ4v) is 4.99. The van der Waals surface area contributed by atoms with E-state index in [0.29, 0.717) is 10.0 Å². The van der Waals surface area contributed by atoms with E-state index in [1.165, 1.54) is 18.2 Å². The van der Waals surface area contributed by atoms with Crippen LogP contribution in [0.1, 0.15) is 19.4 Å². The van der Waals surface area contributed by atoms with Crippen LogP contribution in [0.3, 0.4) is 0 Å². The predicted molar refractivity (Wildman–Crippen MR) is 105 cm³/mol. The van der Waals surface area contributed by atoms with E-state index in [0.717, 1.165) is 11.3 Å². The van der Waals surface area contributed by atoms with Crippen molar-refractivity contribution >= 4 is 54.2 Å². The number of nitrogens with zero attached hydrogens (tertiary/aromatic N) is 3. The minimum Gasteiger partial charge on any atom is -0.507 e. The van der Waals surface area contributed by atoms with Crippen LogP contribution in [0.25, 0.3) is 6.08 Å². The van der Waals surface area contributed by atoms with Crippen LogP contribution in [0, 0.1) is 17.2 Å². The second kappa shape index (κ2) is 8.60. The zero-order valence-corrected chi connectivity index (χ0v) is 17.5. The molecule has 1 aromatic heterocycles. The van der Waals surface area contributed by atoms with Gasteiger partial charge in [0.05, 0.1) is 10.2 Å². The number of anilines is 1. The van der Waals surface area contributed by atoms with Gasteiger partial charge in [0, 0.05) is 0 Å². The Labute approximate surface area is 168 Å². The third-order valence-electron chi connectivity index (χ3n) is 3.09. The molecule has 1 heterocycles. The molecule has 0 unspecified atom stereocenters. The van der Waals surface area contributed by atoms with Crippen LogP contribution in [-0.2, 0) is 14.6 Å². The second-order valence-corrected chi connectivity index (χ2v) is 9.92. The first-order chi connectivity index (χ1) is 12.6. The first kappa shape index (κ1) is 21.0. The van der Waals surface area contributed by atoms with Gasteiger partial charge in [-0.15, -0.1) is 10.2 Å². The zero-order chi connectivity index (χ0) is 20.2. The number of aromatic hydroxyl groups is 1. The van der Waals surface area contributed by atoms with Crippen LogP contribution in [0.15, 0.2) is 32.6 Å². The lowest BCUT2D eigenvalue weighted by Gasteiger charge is -2.02. The van der Waals surface area contributed by atoms with E-state index < -0.39 is 15.7 Å². The van der Waals surface area contributed by atoms with Gasteiger partial charge in [-0.2, -0.15) is 5.26 Å². The van der Waals surface area contributed by atoms with E-state index in [4.69, 9.17) is 0 Å². The molecule has 2 aromatic rings. The van der Waals surface area contributed by atoms with Gasteiger partial charge < -0.3 is 5.11 Å². The van der Waals surface area contributed by atoms with Crippen molar-refractivity contribution in [1.29, 1.82) is 5.26 Å². The van der Waals surface area contributed by atoms with E-state index in [-0.39, 0.29) is 32.5 Å². The summed E-state index contributed by atoms with van der Waals surface area (Å²) in [6.45, 7) is 3.54. The summed E-state index contributed by atoms with van der Waals surface area (Å²) in [5, 5.41) is 28.3. The minimum absolute atomic E-state index is 0.0182. The van der Waals surface area contributed by atoms with Gasteiger partial charge in [0.2, 0.25) is 19.3 Å². The first-order valence-electron chi connectivity index (χ1n) is 7.60. The van der Waals surface area contributed by atoms with Crippen LogP contribution >= 0.6 is 27.3 Å². The Balaban J connectivity index is 2.19. The van der Waals surface area contributed by atoms with E-state index in [1.807, 2.05) is 0 Å². The van der Waals surface area contributed by atoms with Gasteiger partial charge in [0.25, 0.3) is 5.91 Å². The molecule has 0 bridgehead atoms. The van der Waals surface area contributed by atoms with Crippen LogP contribution in [0.5, 0.6) is 5.75 Å². The number of halogens is 1. The maximum atomic E-state index is 12.3. The summed E-state index contributed by atoms with van der Waals surface area (Å²) in [4.78, 5) is 12.3. The standard InChI is InChI=1S/C16H15BrN4O4S2/c1-9(2)8-27(24,25)16-21-20-15(26-16)19-14(23)11(7-18)5-10-3-4-13(22)12(17)6-10/h3-6,9,22H,8H2,1-2H3,(H,19,20,23). The Hall–Kier alpha value is -2.29. The van der Waals surface area contributed by atoms with Crippen molar-refractivity contribution in [2.24, 2.45) is 5.92 Å². The molecule has 2 rings (SSSR count). The molecule has 0 saturated heterocycles. The summed E-state index contributed by atoms with van der Waals surface area (Å²) in [7, 11) is -3.57. The fraction of sp³-hybridized carbons (Fsp3) is 0.250. The summed E-state index contributed by atoms with van der Waals surface area (Å²) >= 11 is 3.88. The van der Waals surface area contributed by atoms with Crippen LogP contribution in [-0.4, -0.2) is 35.4 Å². The molecule has 11 heteroatoms. The quantitative estimate of drug-likeness (QED) is 0.376. The highest BCUT2D eigenvalue weighted by molar-refractivity contribution is 9.10. The molecule has 0 aliphatic rings. The number of hydrogen-bond acceptors (Lipinski definition) is 8. The summed E-state index contributed by atoms with van der Waals surface area (Å²) in [5.41, 5.74) is 0.304. The molecule has 27 heavy (non-hydrogen) atoms. The van der Waals surface area contributed by atoms with Gasteiger partial charge in [-0.3, -0.25) is 10.1 Å². The molecule has 0 fully saturated rings. The highest BCUT2D eigenvalue weighted by Gasteiger charge is 2.22. The first-order valence-corrected chi connectivity index (χ1v) is 10.9. The summed E-state index contributed by atoms with van der Waals surface area (Å²) in [5.74, 6) is -0.867. The van der Waals surface area contributed by atoms with Crippen molar-refractivity contribution in [3.8, 4) is 11.8 Å². The third kappa shape index (κ3) is 5.59. The number of phenolic OH excluding ortho intramolecular Hbond substituents is 1. The smallest absolute Gasteiger partial charge is 0.268 e. The maximum absolute atomic E-state index is 12.3. The number of hydrogen-bond donors (Lipinski definition) is 2. The average Bonchev–Trinajstić information content (AvgIpc) is 3.04. The van der Waals surface area contributed by atoms with Gasteiger partial charge in [0.1, 0.15) is 17.4 Å². The van der Waals surface area contributed by atoms with Crippen molar-refractivity contribution in [3.05, 3.63) is 33.8 Å². The number of rotatable bonds is 6. The fourth-order valence-electron chi connectivity index (χ4n) is 1.99. The lowest BCUT2D eigenvalue weighted by Crippen LogP contribution is -2.13. The van der Waals surface area contributed by atoms with Crippen LogP contribution < -0.4 is 5.32 Å². The molecule has 0 aliphatic heterocycles. The van der Waals surface area contributed by atoms with Gasteiger partial charge in [-0.25, -0.2) is 8.42 Å². The Kier molecular flexibility index (Phi) is 6.69. The maximum Gasteiger partial charge on any atom is 0.268 e. The molecular formula is C16H15BrN4O4S2. The normalized spacial score (nSPS) is 12.0. The number of amides is 1. The van der Waals surface area contributed by atoms with Gasteiger partial charge in [0.15, 0.2) is 0 Å². The van der Waals surface area contributed by atoms with Crippen molar-refractivity contribution in [1.82, 2.24) is 10.2 Å². The number of phenols is 1. The number of aromatic nitrogens is 2. The number of nitrogens with one attached hydrogen (secondary N) is 1. The number of benzene rings is 1. The number of sulfone groups is 1. The van der Waals surface area contributed by atoms with E-state index in [9.17, 15) is 23.6 Å². The van der Waals surface area contributed by atoms with Gasteiger partial charge in [-0.05, 0) is 45.6 Å². The van der Waals surface area contributed by atoms with Crippen LogP contribution in [0.2, 0.25) is 0 Å². The van der Waals surface area contributed by atoms with E-state index in [2.05, 4.69) is 31.4 Å². The Morgan fingerprint density at radius 2 is 2.15 bits per heavy atom. The molecule has 1 amide bonds. The molecule has 0 aliphatic carbocycles. The molecule has 0 saturated carbocycles. The van der Waals surface area contributed by atoms with Crippen molar-refractivity contribution in [2.75, 3.05) is 11.1 Å². The van der Waals surface area contributed by atoms with Crippen molar-refractivity contribution < 1.29 is 18.3 Å². The largest absolute Gasteiger partial charge is 0.507 e. The Morgan fingerprint density at radius 3 is 2.74 bits per heavy atom. The number of carbonyl (C=O) groups excluding carboxylic acids is 1. The molecule has 8 nitrogen and oxygen atoms in total. The Bertz CT molecular complexity index is 1040. The lowest BCUT2D eigenvalue weighted by molar-refractivity contribution is -0.112. The summed E-state index contributed by atoms with van der Waals surface area (Å²) in [6, 6.07) is 6.27. The molecular weight excluding hydrogens is 456 g/mol. The van der Waals surface area contributed by atoms with E-state index in [1.54, 1.807) is 26.0 Å². The molecule has 142 valence electrons. The molecule has 0 radical (unpaired) electrons. The molecule has 0 spiro atoms. The summed E-state index contributed by atoms with van der Waals surface area (Å²) < 4.78 is 24.5. The van der Waals surface area contributed by atoms with E-state index >= 15 is 0 Å². The average molecular weight is 471 g/mol. The molecule has 1 aromatic carbocycles. The molecule has 2 N–H and O–H groups in total. The van der Waals surface area contributed by atoms with Gasteiger partial charge in [-0.1, -0.05) is 31.3 Å². The highest BCUT2D eigenvalue weighted by Crippen LogP contribution is 2.26. The monoisotopic (exact) mass is 470 g/mol. The molecule has 0 atom stereocenters. The van der Waals surface area contributed by atoms with Crippen molar-refractivity contribution in [3.63, 3.8) is 0 Å². The lowest BCUT2D eigenvalue weighted by atomic mass is 10.1.